The van der Waals surface area contributed by atoms with E-state index in [9.17, 15) is 9.90 Å². The number of benzene rings is 2. The minimum absolute atomic E-state index is 0.106. The highest BCUT2D eigenvalue weighted by Gasteiger charge is 2.17. The number of Topliss-reactive ketones (excluding diaryl/α,β-unsaturated/α-hetero) is 1. The Balaban J connectivity index is 1.70. The van der Waals surface area contributed by atoms with Crippen LogP contribution in [0, 0.1) is 0 Å². The molecule has 0 unspecified atom stereocenters. The average Bonchev–Trinajstić information content (AvgIpc) is 2.69. The molecule has 108 valence electrons. The van der Waals surface area contributed by atoms with Gasteiger partial charge in [0.1, 0.15) is 5.75 Å². The Morgan fingerprint density at radius 2 is 1.76 bits per heavy atom. The van der Waals surface area contributed by atoms with Crippen molar-refractivity contribution >= 4 is 5.78 Å². The summed E-state index contributed by atoms with van der Waals surface area (Å²) in [6.45, 7) is 2.21. The summed E-state index contributed by atoms with van der Waals surface area (Å²) >= 11 is 0. The van der Waals surface area contributed by atoms with Crippen LogP contribution in [0.4, 0.5) is 0 Å². The first kappa shape index (κ1) is 13.8. The smallest absolute Gasteiger partial charge is 0.176 e. The molecule has 3 nitrogen and oxygen atoms in total. The summed E-state index contributed by atoms with van der Waals surface area (Å²) in [6, 6.07) is 15.0. The first-order valence-electron chi connectivity index (χ1n) is 7.34. The number of nitrogens with zero attached hydrogens (tertiary/aromatic N) is 1. The number of fused-ring (bicyclic) bond motifs is 1. The van der Waals surface area contributed by atoms with E-state index in [4.69, 9.17) is 0 Å². The molecule has 1 heterocycles. The fraction of sp³-hybridized carbons (Fsp3) is 0.278. The van der Waals surface area contributed by atoms with E-state index in [2.05, 4.69) is 29.2 Å². The van der Waals surface area contributed by atoms with Crippen LogP contribution in [0.25, 0.3) is 0 Å². The number of phenols is 1. The number of ketones is 1. The SMILES string of the molecule is O=C(CN1CCCc2ccccc2C1)c1ccc(O)cc1. The standard InChI is InChI=1S/C18H19NO2/c20-17-9-7-15(8-10-17)18(21)13-19-11-3-6-14-4-1-2-5-16(14)12-19/h1-2,4-5,7-10,20H,3,6,11-13H2. The maximum atomic E-state index is 12.3. The van der Waals surface area contributed by atoms with Gasteiger partial charge in [-0.2, -0.15) is 0 Å². The first-order valence-corrected chi connectivity index (χ1v) is 7.34. The topological polar surface area (TPSA) is 40.5 Å². The number of aromatic hydroxyl groups is 1. The number of carbonyl (C=O) groups is 1. The van der Waals surface area contributed by atoms with Crippen LogP contribution < -0.4 is 0 Å². The van der Waals surface area contributed by atoms with Gasteiger partial charge in [-0.05, 0) is 54.8 Å². The van der Waals surface area contributed by atoms with Gasteiger partial charge in [0.05, 0.1) is 6.54 Å². The summed E-state index contributed by atoms with van der Waals surface area (Å²) in [7, 11) is 0. The Labute approximate surface area is 124 Å². The number of aryl methyl sites for hydroxylation is 1. The Bertz CT molecular complexity index is 634. The van der Waals surface area contributed by atoms with Crippen molar-refractivity contribution in [1.29, 1.82) is 0 Å². The second-order valence-electron chi connectivity index (χ2n) is 5.55. The van der Waals surface area contributed by atoms with Gasteiger partial charge in [-0.1, -0.05) is 24.3 Å². The molecule has 0 amide bonds. The van der Waals surface area contributed by atoms with E-state index in [1.807, 2.05) is 0 Å². The molecule has 3 heteroatoms. The van der Waals surface area contributed by atoms with Crippen LogP contribution in [-0.2, 0) is 13.0 Å². The number of hydrogen-bond donors (Lipinski definition) is 1. The molecule has 21 heavy (non-hydrogen) atoms. The molecule has 2 aromatic carbocycles. The molecule has 1 aliphatic rings. The van der Waals surface area contributed by atoms with Crippen LogP contribution in [0.2, 0.25) is 0 Å². The van der Waals surface area contributed by atoms with E-state index in [0.717, 1.165) is 25.9 Å². The molecular weight excluding hydrogens is 262 g/mol. The van der Waals surface area contributed by atoms with Crippen molar-refractivity contribution in [1.82, 2.24) is 4.90 Å². The third kappa shape index (κ3) is 3.31. The molecule has 3 rings (SSSR count). The number of hydrogen-bond acceptors (Lipinski definition) is 3. The van der Waals surface area contributed by atoms with Crippen molar-refractivity contribution in [3.8, 4) is 5.75 Å². The molecule has 0 spiro atoms. The van der Waals surface area contributed by atoms with Crippen molar-refractivity contribution < 1.29 is 9.90 Å². The third-order valence-corrected chi connectivity index (χ3v) is 3.99. The Hall–Kier alpha value is -2.13. The molecule has 1 aliphatic heterocycles. The monoisotopic (exact) mass is 281 g/mol. The molecule has 2 aromatic rings. The molecule has 0 saturated carbocycles. The Morgan fingerprint density at radius 1 is 1.05 bits per heavy atom. The third-order valence-electron chi connectivity index (χ3n) is 3.99. The van der Waals surface area contributed by atoms with E-state index in [1.165, 1.54) is 11.1 Å². The molecular formula is C18H19NO2. The fourth-order valence-corrected chi connectivity index (χ4v) is 2.85. The normalized spacial score (nSPS) is 15.2. The molecule has 0 radical (unpaired) electrons. The van der Waals surface area contributed by atoms with Crippen molar-refractivity contribution in [3.63, 3.8) is 0 Å². The maximum absolute atomic E-state index is 12.3. The van der Waals surface area contributed by atoms with Crippen molar-refractivity contribution in [2.45, 2.75) is 19.4 Å². The van der Waals surface area contributed by atoms with Gasteiger partial charge in [-0.15, -0.1) is 0 Å². The van der Waals surface area contributed by atoms with E-state index >= 15 is 0 Å². The highest BCUT2D eigenvalue weighted by molar-refractivity contribution is 5.97. The van der Waals surface area contributed by atoms with Crippen LogP contribution in [0.5, 0.6) is 5.75 Å². The minimum atomic E-state index is 0.106. The predicted molar refractivity (Wildman–Crippen MR) is 82.5 cm³/mol. The number of phenolic OH excluding ortho intramolecular Hbond substituents is 1. The quantitative estimate of drug-likeness (QED) is 0.879. The minimum Gasteiger partial charge on any atom is -0.508 e. The fourth-order valence-electron chi connectivity index (χ4n) is 2.85. The summed E-state index contributed by atoms with van der Waals surface area (Å²) in [6.07, 6.45) is 2.17. The van der Waals surface area contributed by atoms with Crippen LogP contribution in [-0.4, -0.2) is 28.9 Å². The summed E-state index contributed by atoms with van der Waals surface area (Å²) in [5, 5.41) is 9.28. The second-order valence-corrected chi connectivity index (χ2v) is 5.55. The molecule has 0 saturated heterocycles. The Kier molecular flexibility index (Phi) is 4.02. The predicted octanol–water partition coefficient (Wildman–Crippen LogP) is 3.02. The van der Waals surface area contributed by atoms with Gasteiger partial charge in [0.15, 0.2) is 5.78 Å². The van der Waals surface area contributed by atoms with Crippen molar-refractivity contribution in [2.24, 2.45) is 0 Å². The molecule has 0 fully saturated rings. The van der Waals surface area contributed by atoms with E-state index in [1.54, 1.807) is 24.3 Å². The van der Waals surface area contributed by atoms with Crippen LogP contribution in [0.1, 0.15) is 27.9 Å². The molecule has 1 N–H and O–H groups in total. The van der Waals surface area contributed by atoms with E-state index < -0.39 is 0 Å². The van der Waals surface area contributed by atoms with Gasteiger partial charge >= 0.3 is 0 Å². The lowest BCUT2D eigenvalue weighted by molar-refractivity contribution is 0.0927. The lowest BCUT2D eigenvalue weighted by atomic mass is 10.0. The average molecular weight is 281 g/mol. The zero-order valence-electron chi connectivity index (χ0n) is 12.0. The zero-order valence-corrected chi connectivity index (χ0v) is 12.0. The summed E-state index contributed by atoms with van der Waals surface area (Å²) in [4.78, 5) is 14.5. The largest absolute Gasteiger partial charge is 0.508 e. The van der Waals surface area contributed by atoms with Crippen LogP contribution in [0.15, 0.2) is 48.5 Å². The maximum Gasteiger partial charge on any atom is 0.176 e. The zero-order chi connectivity index (χ0) is 14.7. The van der Waals surface area contributed by atoms with Crippen molar-refractivity contribution in [2.75, 3.05) is 13.1 Å². The van der Waals surface area contributed by atoms with E-state index in [0.29, 0.717) is 12.1 Å². The lowest BCUT2D eigenvalue weighted by Gasteiger charge is -2.19. The second kappa shape index (κ2) is 6.10. The number of carbonyl (C=O) groups excluding carboxylic acids is 1. The van der Waals surface area contributed by atoms with Gasteiger partial charge in [0.25, 0.3) is 0 Å². The van der Waals surface area contributed by atoms with Gasteiger partial charge in [-0.25, -0.2) is 0 Å². The van der Waals surface area contributed by atoms with E-state index in [-0.39, 0.29) is 11.5 Å². The highest BCUT2D eigenvalue weighted by Crippen LogP contribution is 2.19. The van der Waals surface area contributed by atoms with Gasteiger partial charge in [0, 0.05) is 12.1 Å². The highest BCUT2D eigenvalue weighted by atomic mass is 16.3. The van der Waals surface area contributed by atoms with Crippen LogP contribution in [0.3, 0.4) is 0 Å². The Morgan fingerprint density at radius 3 is 2.52 bits per heavy atom. The summed E-state index contributed by atoms with van der Waals surface area (Å²) < 4.78 is 0. The van der Waals surface area contributed by atoms with Crippen LogP contribution >= 0.6 is 0 Å². The molecule has 0 atom stereocenters. The number of rotatable bonds is 3. The first-order chi connectivity index (χ1) is 10.2. The van der Waals surface area contributed by atoms with Gasteiger partial charge < -0.3 is 5.11 Å². The molecule has 0 bridgehead atoms. The lowest BCUT2D eigenvalue weighted by Crippen LogP contribution is -2.29. The van der Waals surface area contributed by atoms with Gasteiger partial charge in [0.2, 0.25) is 0 Å². The summed E-state index contributed by atoms with van der Waals surface area (Å²) in [5.41, 5.74) is 3.39. The molecule has 0 aliphatic carbocycles. The van der Waals surface area contributed by atoms with Gasteiger partial charge in [-0.3, -0.25) is 9.69 Å². The summed E-state index contributed by atoms with van der Waals surface area (Å²) in [5.74, 6) is 0.296. The van der Waals surface area contributed by atoms with Crippen molar-refractivity contribution in [3.05, 3.63) is 65.2 Å². The molecule has 0 aromatic heterocycles.